The Hall–Kier alpha value is -4.36. The number of hydrogen-bond donors (Lipinski definition) is 2. The molecule has 3 rings (SSSR count). The number of phenolic OH excluding ortho intramolecular Hbond substituents is 1. The Bertz CT molecular complexity index is 1490. The zero-order chi connectivity index (χ0) is 30.4. The van der Waals surface area contributed by atoms with Crippen molar-refractivity contribution >= 4 is 44.8 Å². The SMILES string of the molecule is C=CC(=O)NCc1cccc(CCC#Cc2cc(O)c3nc(N(C(=O)OC(C)(C)C)C(=O)OC(C)(C)C)sc3c2)c1. The lowest BCUT2D eigenvalue weighted by molar-refractivity contribution is -0.116. The van der Waals surface area contributed by atoms with Gasteiger partial charge in [-0.15, -0.1) is 0 Å². The van der Waals surface area contributed by atoms with Crippen LogP contribution < -0.4 is 10.2 Å². The third kappa shape index (κ3) is 9.36. The number of aromatic hydroxyl groups is 1. The number of benzene rings is 2. The van der Waals surface area contributed by atoms with E-state index in [2.05, 4.69) is 28.7 Å². The maximum absolute atomic E-state index is 13.0. The van der Waals surface area contributed by atoms with Crippen LogP contribution in [0.25, 0.3) is 10.2 Å². The molecule has 0 radical (unpaired) electrons. The highest BCUT2D eigenvalue weighted by Crippen LogP contribution is 2.36. The lowest BCUT2D eigenvalue weighted by atomic mass is 10.1. The molecule has 216 valence electrons. The molecule has 0 atom stereocenters. The summed E-state index contributed by atoms with van der Waals surface area (Å²) in [4.78, 5) is 42.4. The van der Waals surface area contributed by atoms with E-state index in [0.717, 1.165) is 27.4 Å². The summed E-state index contributed by atoms with van der Waals surface area (Å²) in [5.41, 5.74) is 1.14. The molecule has 0 fully saturated rings. The van der Waals surface area contributed by atoms with Crippen molar-refractivity contribution < 1.29 is 29.0 Å². The average Bonchev–Trinajstić information content (AvgIpc) is 3.27. The molecule has 3 amide bonds. The molecule has 3 aromatic rings. The third-order valence-corrected chi connectivity index (χ3v) is 6.21. The molecule has 0 saturated heterocycles. The molecule has 0 unspecified atom stereocenters. The van der Waals surface area contributed by atoms with Gasteiger partial charge in [-0.25, -0.2) is 14.6 Å². The van der Waals surface area contributed by atoms with Crippen LogP contribution in [-0.2, 0) is 27.2 Å². The van der Waals surface area contributed by atoms with Crippen molar-refractivity contribution in [2.24, 2.45) is 0 Å². The third-order valence-electron chi connectivity index (χ3n) is 5.22. The molecule has 0 aliphatic heterocycles. The first-order valence-corrected chi connectivity index (χ1v) is 13.8. The van der Waals surface area contributed by atoms with Crippen molar-refractivity contribution in [3.05, 3.63) is 65.7 Å². The number of nitrogens with zero attached hydrogens (tertiary/aromatic N) is 2. The summed E-state index contributed by atoms with van der Waals surface area (Å²) in [7, 11) is 0. The van der Waals surface area contributed by atoms with E-state index in [0.29, 0.717) is 29.6 Å². The number of aromatic nitrogens is 1. The molecule has 0 bridgehead atoms. The van der Waals surface area contributed by atoms with Crippen molar-refractivity contribution in [1.82, 2.24) is 10.3 Å². The summed E-state index contributed by atoms with van der Waals surface area (Å²) in [6, 6.07) is 11.1. The van der Waals surface area contributed by atoms with Crippen LogP contribution in [0.15, 0.2) is 49.1 Å². The van der Waals surface area contributed by atoms with Crippen LogP contribution in [0.5, 0.6) is 5.75 Å². The highest BCUT2D eigenvalue weighted by atomic mass is 32.1. The summed E-state index contributed by atoms with van der Waals surface area (Å²) in [5, 5.41) is 13.4. The minimum absolute atomic E-state index is 0.00747. The van der Waals surface area contributed by atoms with Crippen LogP contribution in [0.1, 0.15) is 64.7 Å². The number of imide groups is 1. The van der Waals surface area contributed by atoms with Crippen molar-refractivity contribution in [2.75, 3.05) is 4.90 Å². The van der Waals surface area contributed by atoms with Crippen molar-refractivity contribution in [1.29, 1.82) is 0 Å². The molecular weight excluding hydrogens is 542 g/mol. The van der Waals surface area contributed by atoms with Crippen LogP contribution in [0, 0.1) is 11.8 Å². The van der Waals surface area contributed by atoms with Gasteiger partial charge in [-0.3, -0.25) is 4.79 Å². The average molecular weight is 578 g/mol. The Labute approximate surface area is 244 Å². The van der Waals surface area contributed by atoms with E-state index in [-0.39, 0.29) is 22.3 Å². The normalized spacial score (nSPS) is 11.3. The van der Waals surface area contributed by atoms with Crippen LogP contribution in [0.2, 0.25) is 0 Å². The number of carbonyl (C=O) groups is 3. The number of ether oxygens (including phenoxy) is 2. The summed E-state index contributed by atoms with van der Waals surface area (Å²) in [6.45, 7) is 14.0. The monoisotopic (exact) mass is 577 g/mol. The number of hydrogen-bond acceptors (Lipinski definition) is 8. The predicted octanol–water partition coefficient (Wildman–Crippen LogP) is 6.47. The summed E-state index contributed by atoms with van der Waals surface area (Å²) in [6.07, 6.45) is 0.644. The lowest BCUT2D eigenvalue weighted by Crippen LogP contribution is -2.43. The first-order chi connectivity index (χ1) is 19.1. The minimum atomic E-state index is -0.933. The highest BCUT2D eigenvalue weighted by molar-refractivity contribution is 7.22. The van der Waals surface area contributed by atoms with Gasteiger partial charge in [-0.05, 0) is 77.3 Å². The topological polar surface area (TPSA) is 118 Å². The fourth-order valence-corrected chi connectivity index (χ4v) is 4.55. The first kappa shape index (κ1) is 31.2. The maximum Gasteiger partial charge on any atom is 0.426 e. The van der Waals surface area contributed by atoms with E-state index < -0.39 is 23.4 Å². The quantitative estimate of drug-likeness (QED) is 0.255. The molecule has 9 nitrogen and oxygen atoms in total. The Morgan fingerprint density at radius 2 is 1.68 bits per heavy atom. The van der Waals surface area contributed by atoms with Crippen LogP contribution >= 0.6 is 11.3 Å². The highest BCUT2D eigenvalue weighted by Gasteiger charge is 2.35. The molecule has 1 heterocycles. The number of aryl methyl sites for hydroxylation is 1. The van der Waals surface area contributed by atoms with Gasteiger partial charge in [0.15, 0.2) is 0 Å². The number of amides is 3. The second-order valence-corrected chi connectivity index (χ2v) is 12.2. The molecule has 0 spiro atoms. The van der Waals surface area contributed by atoms with Crippen molar-refractivity contribution in [2.45, 2.75) is 72.1 Å². The van der Waals surface area contributed by atoms with Gasteiger partial charge in [0, 0.05) is 18.5 Å². The Morgan fingerprint density at radius 1 is 1.05 bits per heavy atom. The first-order valence-electron chi connectivity index (χ1n) is 13.0. The second kappa shape index (κ2) is 12.9. The maximum atomic E-state index is 13.0. The van der Waals surface area contributed by atoms with Gasteiger partial charge in [-0.2, -0.15) is 4.90 Å². The summed E-state index contributed by atoms with van der Waals surface area (Å²) >= 11 is 1.04. The number of nitrogens with one attached hydrogen (secondary N) is 1. The predicted molar refractivity (Wildman–Crippen MR) is 160 cm³/mol. The van der Waals surface area contributed by atoms with Crippen molar-refractivity contribution in [3.8, 4) is 17.6 Å². The standard InChI is InChI=1S/C31H35N3O6S/c1-8-25(36)32-19-22-15-11-14-20(16-22)12-9-10-13-21-17-23(35)26-24(18-21)41-27(33-26)34(28(37)39-30(2,3)4)29(38)40-31(5,6)7/h8,11,14-18,35H,1,9,12,19H2,2-7H3,(H,32,36). The van der Waals surface area contributed by atoms with E-state index in [1.165, 1.54) is 12.1 Å². The Balaban J connectivity index is 1.80. The molecule has 41 heavy (non-hydrogen) atoms. The van der Waals surface area contributed by atoms with E-state index in [1.807, 2.05) is 24.3 Å². The van der Waals surface area contributed by atoms with Gasteiger partial charge >= 0.3 is 12.2 Å². The molecule has 2 aromatic carbocycles. The van der Waals surface area contributed by atoms with E-state index >= 15 is 0 Å². The molecule has 10 heteroatoms. The Kier molecular flexibility index (Phi) is 9.79. The molecular formula is C31H35N3O6S. The zero-order valence-corrected chi connectivity index (χ0v) is 25.0. The van der Waals surface area contributed by atoms with Gasteiger partial charge < -0.3 is 19.9 Å². The molecule has 0 aliphatic rings. The molecule has 0 saturated carbocycles. The Morgan fingerprint density at radius 3 is 2.29 bits per heavy atom. The van der Waals surface area contributed by atoms with E-state index in [4.69, 9.17) is 9.47 Å². The van der Waals surface area contributed by atoms with Gasteiger partial charge in [0.2, 0.25) is 11.0 Å². The number of anilines is 1. The summed E-state index contributed by atoms with van der Waals surface area (Å²) in [5.74, 6) is 5.83. The number of phenols is 1. The number of fused-ring (bicyclic) bond motifs is 1. The van der Waals surface area contributed by atoms with E-state index in [1.54, 1.807) is 47.6 Å². The minimum Gasteiger partial charge on any atom is -0.506 e. The van der Waals surface area contributed by atoms with Crippen LogP contribution in [0.3, 0.4) is 0 Å². The van der Waals surface area contributed by atoms with Gasteiger partial charge in [0.1, 0.15) is 22.5 Å². The van der Waals surface area contributed by atoms with Crippen LogP contribution in [-0.4, -0.2) is 39.4 Å². The largest absolute Gasteiger partial charge is 0.506 e. The smallest absolute Gasteiger partial charge is 0.426 e. The number of rotatable bonds is 6. The molecule has 0 aliphatic carbocycles. The summed E-state index contributed by atoms with van der Waals surface area (Å²) < 4.78 is 11.4. The van der Waals surface area contributed by atoms with E-state index in [9.17, 15) is 19.5 Å². The van der Waals surface area contributed by atoms with Gasteiger partial charge in [0.25, 0.3) is 0 Å². The van der Waals surface area contributed by atoms with Crippen LogP contribution in [0.4, 0.5) is 14.7 Å². The fraction of sp³-hybridized carbons (Fsp3) is 0.355. The van der Waals surface area contributed by atoms with Crippen molar-refractivity contribution in [3.63, 3.8) is 0 Å². The molecule has 1 aromatic heterocycles. The lowest BCUT2D eigenvalue weighted by Gasteiger charge is -2.27. The fourth-order valence-electron chi connectivity index (χ4n) is 3.54. The molecule has 2 N–H and O–H groups in total. The number of thiazole rings is 1. The number of carbonyl (C=O) groups excluding carboxylic acids is 3. The van der Waals surface area contributed by atoms with Gasteiger partial charge in [0.05, 0.1) is 4.70 Å². The zero-order valence-electron chi connectivity index (χ0n) is 24.2. The second-order valence-electron chi connectivity index (χ2n) is 11.2. The van der Waals surface area contributed by atoms with Gasteiger partial charge in [-0.1, -0.05) is 54.0 Å².